The number of esters is 3. The van der Waals surface area contributed by atoms with Crippen LogP contribution in [-0.4, -0.2) is 37.2 Å². The molecule has 0 aliphatic carbocycles. The predicted octanol–water partition coefficient (Wildman–Crippen LogP) is 14.8. The molecule has 0 aliphatic heterocycles. The van der Waals surface area contributed by atoms with Gasteiger partial charge in [0.1, 0.15) is 13.2 Å². The first kappa shape index (κ1) is 54.1. The molecule has 0 rings (SSSR count). The molecule has 0 saturated carbocycles. The predicted molar refractivity (Wildman–Crippen MR) is 247 cm³/mol. The highest BCUT2D eigenvalue weighted by Gasteiger charge is 2.19. The maximum Gasteiger partial charge on any atom is 0.306 e. The minimum Gasteiger partial charge on any atom is -0.462 e. The van der Waals surface area contributed by atoms with Gasteiger partial charge in [-0.15, -0.1) is 0 Å². The van der Waals surface area contributed by atoms with Gasteiger partial charge in [-0.05, 0) is 109 Å². The highest BCUT2D eigenvalue weighted by molar-refractivity contribution is 5.71. The number of carbonyl (C=O) groups excluding carboxylic acids is 3. The molecule has 0 bridgehead atoms. The first-order valence-electron chi connectivity index (χ1n) is 22.9. The molecule has 0 aromatic carbocycles. The maximum absolute atomic E-state index is 12.7. The van der Waals surface area contributed by atoms with E-state index in [0.717, 1.165) is 96.3 Å². The van der Waals surface area contributed by atoms with E-state index >= 15 is 0 Å². The van der Waals surface area contributed by atoms with Crippen LogP contribution in [0.1, 0.15) is 181 Å². The zero-order valence-electron chi connectivity index (χ0n) is 37.0. The Balaban J connectivity index is 4.58. The topological polar surface area (TPSA) is 78.9 Å². The molecule has 58 heavy (non-hydrogen) atoms. The number of hydrogen-bond donors (Lipinski definition) is 0. The zero-order chi connectivity index (χ0) is 42.3. The lowest BCUT2D eigenvalue weighted by molar-refractivity contribution is -0.166. The Hall–Kier alpha value is -3.93. The Labute approximate surface area is 355 Å². The van der Waals surface area contributed by atoms with Crippen molar-refractivity contribution < 1.29 is 28.6 Å². The summed E-state index contributed by atoms with van der Waals surface area (Å²) in [5, 5.41) is 0. The van der Waals surface area contributed by atoms with Crippen molar-refractivity contribution in [3.05, 3.63) is 109 Å². The summed E-state index contributed by atoms with van der Waals surface area (Å²) in [6.45, 7) is 6.24. The minimum atomic E-state index is -0.831. The Morgan fingerprint density at radius 2 is 0.707 bits per heavy atom. The van der Waals surface area contributed by atoms with Crippen molar-refractivity contribution in [1.82, 2.24) is 0 Å². The number of hydrogen-bond acceptors (Lipinski definition) is 6. The molecular weight excluding hydrogens is 721 g/mol. The second-order valence-corrected chi connectivity index (χ2v) is 14.5. The Morgan fingerprint density at radius 3 is 1.21 bits per heavy atom. The summed E-state index contributed by atoms with van der Waals surface area (Å²) in [6.07, 6.45) is 60.9. The van der Waals surface area contributed by atoms with Crippen molar-refractivity contribution in [3.63, 3.8) is 0 Å². The van der Waals surface area contributed by atoms with Crippen molar-refractivity contribution in [2.75, 3.05) is 13.2 Å². The lowest BCUT2D eigenvalue weighted by atomic mass is 10.1. The van der Waals surface area contributed by atoms with E-state index in [1.54, 1.807) is 0 Å². The summed E-state index contributed by atoms with van der Waals surface area (Å²) in [5.41, 5.74) is 0. The molecule has 0 heterocycles. The number of unbranched alkanes of at least 4 members (excludes halogenated alkanes) is 10. The molecule has 0 spiro atoms. The van der Waals surface area contributed by atoms with Gasteiger partial charge in [-0.2, -0.15) is 0 Å². The minimum absolute atomic E-state index is 0.123. The van der Waals surface area contributed by atoms with Crippen LogP contribution >= 0.6 is 0 Å². The fourth-order valence-corrected chi connectivity index (χ4v) is 5.61. The molecule has 0 aliphatic rings. The molecule has 0 amide bonds. The average molecular weight is 803 g/mol. The standard InChI is InChI=1S/C52H82O6/c1-4-7-10-13-16-19-22-25-26-27-28-31-33-36-39-42-45-51(54)57-48-49(58-52(55)46-43-40-37-34-30-24-21-18-15-12-9-6-3)47-56-50(53)44-41-38-35-32-29-23-20-17-14-11-8-5-2/h7,9-10,12,16-21,25-26,28,30-31,34,36,39,49H,4-6,8,11,13-15,22-24,27,29,32-33,35,37-38,40-48H2,1-3H3/b10-7-,12-9-,19-16-,20-17-,21-18-,26-25-,31-28-,34-30-,39-36-. The summed E-state index contributed by atoms with van der Waals surface area (Å²) in [7, 11) is 0. The van der Waals surface area contributed by atoms with Gasteiger partial charge in [-0.1, -0.05) is 162 Å². The molecule has 1 unspecified atom stereocenters. The molecule has 0 N–H and O–H groups in total. The van der Waals surface area contributed by atoms with Gasteiger partial charge in [-0.25, -0.2) is 0 Å². The van der Waals surface area contributed by atoms with Gasteiger partial charge < -0.3 is 14.2 Å². The highest BCUT2D eigenvalue weighted by atomic mass is 16.6. The second kappa shape index (κ2) is 45.8. The molecule has 1 atom stereocenters. The fraction of sp³-hybridized carbons (Fsp3) is 0.596. The average Bonchev–Trinajstić information content (AvgIpc) is 3.22. The van der Waals surface area contributed by atoms with Crippen LogP contribution in [0.5, 0.6) is 0 Å². The number of rotatable bonds is 39. The molecule has 6 nitrogen and oxygen atoms in total. The highest BCUT2D eigenvalue weighted by Crippen LogP contribution is 2.11. The van der Waals surface area contributed by atoms with Gasteiger partial charge in [0.15, 0.2) is 6.10 Å². The van der Waals surface area contributed by atoms with E-state index in [2.05, 4.69) is 118 Å². The third-order valence-corrected chi connectivity index (χ3v) is 9.01. The molecular formula is C52H82O6. The number of allylic oxidation sites excluding steroid dienone is 18. The summed E-state index contributed by atoms with van der Waals surface area (Å²) >= 11 is 0. The van der Waals surface area contributed by atoms with E-state index in [9.17, 15) is 14.4 Å². The largest absolute Gasteiger partial charge is 0.462 e. The fourth-order valence-electron chi connectivity index (χ4n) is 5.61. The van der Waals surface area contributed by atoms with Gasteiger partial charge in [0.2, 0.25) is 0 Å². The van der Waals surface area contributed by atoms with Crippen LogP contribution in [0.2, 0.25) is 0 Å². The van der Waals surface area contributed by atoms with Crippen molar-refractivity contribution in [2.24, 2.45) is 0 Å². The summed E-state index contributed by atoms with van der Waals surface area (Å²) < 4.78 is 16.6. The van der Waals surface area contributed by atoms with Crippen LogP contribution in [0.15, 0.2) is 109 Å². The molecule has 6 heteroatoms. The first-order chi connectivity index (χ1) is 28.5. The van der Waals surface area contributed by atoms with Gasteiger partial charge in [-0.3, -0.25) is 14.4 Å². The molecule has 0 aromatic rings. The Morgan fingerprint density at radius 1 is 0.362 bits per heavy atom. The van der Waals surface area contributed by atoms with Crippen LogP contribution in [-0.2, 0) is 28.6 Å². The van der Waals surface area contributed by atoms with Gasteiger partial charge in [0.05, 0.1) is 0 Å². The van der Waals surface area contributed by atoms with Crippen molar-refractivity contribution in [1.29, 1.82) is 0 Å². The quantitative estimate of drug-likeness (QED) is 0.0267. The summed E-state index contributed by atoms with van der Waals surface area (Å²) in [6, 6.07) is 0. The third kappa shape index (κ3) is 43.2. The van der Waals surface area contributed by atoms with E-state index in [-0.39, 0.29) is 44.0 Å². The number of carbonyl (C=O) groups is 3. The second-order valence-electron chi connectivity index (χ2n) is 14.5. The normalized spacial score (nSPS) is 13.1. The monoisotopic (exact) mass is 803 g/mol. The Bertz CT molecular complexity index is 1240. The molecule has 0 saturated heterocycles. The molecule has 0 fully saturated rings. The Kier molecular flexibility index (Phi) is 42.7. The van der Waals surface area contributed by atoms with E-state index in [1.165, 1.54) is 32.1 Å². The zero-order valence-corrected chi connectivity index (χ0v) is 37.0. The number of ether oxygens (including phenoxy) is 3. The third-order valence-electron chi connectivity index (χ3n) is 9.01. The van der Waals surface area contributed by atoms with Crippen molar-refractivity contribution >= 4 is 17.9 Å². The molecule has 0 aromatic heterocycles. The van der Waals surface area contributed by atoms with Crippen molar-refractivity contribution in [3.8, 4) is 0 Å². The van der Waals surface area contributed by atoms with Crippen LogP contribution in [0.25, 0.3) is 0 Å². The summed E-state index contributed by atoms with van der Waals surface area (Å²) in [5.74, 6) is -1.07. The lowest BCUT2D eigenvalue weighted by Gasteiger charge is -2.18. The smallest absolute Gasteiger partial charge is 0.306 e. The van der Waals surface area contributed by atoms with Crippen LogP contribution in [0.4, 0.5) is 0 Å². The first-order valence-corrected chi connectivity index (χ1v) is 22.9. The van der Waals surface area contributed by atoms with Crippen molar-refractivity contribution in [2.45, 2.75) is 187 Å². The van der Waals surface area contributed by atoms with Crippen LogP contribution < -0.4 is 0 Å². The molecule has 0 radical (unpaired) electrons. The maximum atomic E-state index is 12.7. The van der Waals surface area contributed by atoms with Crippen LogP contribution in [0, 0.1) is 0 Å². The van der Waals surface area contributed by atoms with E-state index in [0.29, 0.717) is 19.3 Å². The lowest BCUT2D eigenvalue weighted by Crippen LogP contribution is -2.30. The summed E-state index contributed by atoms with van der Waals surface area (Å²) in [4.78, 5) is 37.7. The van der Waals surface area contributed by atoms with Crippen LogP contribution in [0.3, 0.4) is 0 Å². The van der Waals surface area contributed by atoms with E-state index < -0.39 is 6.10 Å². The van der Waals surface area contributed by atoms with E-state index in [4.69, 9.17) is 14.2 Å². The van der Waals surface area contributed by atoms with E-state index in [1.807, 2.05) is 12.2 Å². The molecule has 326 valence electrons. The van der Waals surface area contributed by atoms with Gasteiger partial charge in [0, 0.05) is 19.3 Å². The SMILES string of the molecule is CC/C=C\C/C=C\C/C=C\C/C=C\C/C=C\CCC(=O)OCC(COC(=O)CCCCCCC/C=C\CCCCC)OC(=O)CCCC/C=C\C/C=C\C/C=C\CC. The van der Waals surface area contributed by atoms with Gasteiger partial charge in [0.25, 0.3) is 0 Å². The van der Waals surface area contributed by atoms with Gasteiger partial charge >= 0.3 is 17.9 Å².